The van der Waals surface area contributed by atoms with Crippen LogP contribution in [-0.2, 0) is 17.7 Å². The molecule has 5 rings (SSSR count). The van der Waals surface area contributed by atoms with E-state index in [1.165, 1.54) is 32.9 Å². The van der Waals surface area contributed by atoms with Gasteiger partial charge in [-0.05, 0) is 73.7 Å². The Labute approximate surface area is 183 Å². The van der Waals surface area contributed by atoms with Gasteiger partial charge < -0.3 is 9.30 Å². The van der Waals surface area contributed by atoms with Gasteiger partial charge in [0.15, 0.2) is 5.78 Å². The summed E-state index contributed by atoms with van der Waals surface area (Å²) in [6.45, 7) is 5.37. The fourth-order valence-electron chi connectivity index (χ4n) is 4.98. The van der Waals surface area contributed by atoms with Gasteiger partial charge in [0.05, 0.1) is 0 Å². The molecule has 31 heavy (non-hydrogen) atoms. The minimum absolute atomic E-state index is 0.265. The van der Waals surface area contributed by atoms with Gasteiger partial charge in [-0.25, -0.2) is 0 Å². The van der Waals surface area contributed by atoms with Crippen LogP contribution in [0, 0.1) is 0 Å². The van der Waals surface area contributed by atoms with Crippen molar-refractivity contribution in [1.82, 2.24) is 4.57 Å². The third-order valence-electron chi connectivity index (χ3n) is 6.51. The van der Waals surface area contributed by atoms with E-state index in [4.69, 9.17) is 4.74 Å². The summed E-state index contributed by atoms with van der Waals surface area (Å²) in [6, 6.07) is 10.7. The maximum absolute atomic E-state index is 12.4. The second-order valence-corrected chi connectivity index (χ2v) is 8.27. The molecule has 156 valence electrons. The zero-order valence-corrected chi connectivity index (χ0v) is 18.2. The normalized spacial score (nSPS) is 15.6. The Bertz CT molecular complexity index is 1330. The Hall–Kier alpha value is -3.29. The maximum atomic E-state index is 12.4. The number of nitrogens with zero attached hydrogens (tertiary/aromatic N) is 1. The Morgan fingerprint density at radius 2 is 2.03 bits per heavy atom. The highest BCUT2D eigenvalue weighted by Crippen LogP contribution is 2.38. The fourth-order valence-corrected chi connectivity index (χ4v) is 4.98. The van der Waals surface area contributed by atoms with Crippen molar-refractivity contribution in [3.05, 3.63) is 82.8 Å². The van der Waals surface area contributed by atoms with Crippen molar-refractivity contribution in [3.8, 4) is 0 Å². The second kappa shape index (κ2) is 8.09. The van der Waals surface area contributed by atoms with Crippen LogP contribution in [0.3, 0.4) is 0 Å². The molecule has 0 radical (unpaired) electrons. The molecule has 1 aromatic heterocycles. The highest BCUT2D eigenvalue weighted by Gasteiger charge is 2.25. The number of hydrogen-bond donors (Lipinski definition) is 0. The molecule has 0 atom stereocenters. The topological polar surface area (TPSA) is 31.2 Å². The Morgan fingerprint density at radius 1 is 1.16 bits per heavy atom. The minimum Gasteiger partial charge on any atom is -0.456 e. The molecule has 0 saturated carbocycles. The van der Waals surface area contributed by atoms with Crippen LogP contribution >= 0.6 is 0 Å². The molecule has 0 unspecified atom stereocenters. The molecule has 3 nitrogen and oxygen atoms in total. The summed E-state index contributed by atoms with van der Waals surface area (Å²) in [6.07, 6.45) is 12.4. The molecular weight excluding hydrogens is 382 g/mol. The van der Waals surface area contributed by atoms with Crippen LogP contribution in [0.25, 0.3) is 27.6 Å². The Kier molecular flexibility index (Phi) is 5.13. The van der Waals surface area contributed by atoms with E-state index in [2.05, 4.69) is 54.5 Å². The van der Waals surface area contributed by atoms with E-state index in [1.807, 2.05) is 18.2 Å². The van der Waals surface area contributed by atoms with E-state index in [0.29, 0.717) is 6.42 Å². The van der Waals surface area contributed by atoms with Crippen LogP contribution < -0.4 is 0 Å². The van der Waals surface area contributed by atoms with E-state index in [0.717, 1.165) is 49.1 Å². The lowest BCUT2D eigenvalue weighted by atomic mass is 10.0. The number of carbonyl (C=O) groups is 1. The van der Waals surface area contributed by atoms with E-state index in [-0.39, 0.29) is 5.78 Å². The zero-order chi connectivity index (χ0) is 21.4. The molecule has 0 amide bonds. The number of fused-ring (bicyclic) bond motifs is 5. The van der Waals surface area contributed by atoms with Crippen molar-refractivity contribution in [2.75, 3.05) is 0 Å². The number of hydrogen-bond acceptors (Lipinski definition) is 2. The monoisotopic (exact) mass is 409 g/mol. The largest absolute Gasteiger partial charge is 0.456 e. The number of carbonyl (C=O) groups excluding carboxylic acids is 1. The van der Waals surface area contributed by atoms with Crippen LogP contribution in [0.1, 0.15) is 61.0 Å². The number of aryl methyl sites for hydroxylation is 2. The second-order valence-electron chi connectivity index (χ2n) is 8.27. The fraction of sp³-hybridized carbons (Fsp3) is 0.286. The van der Waals surface area contributed by atoms with E-state index in [9.17, 15) is 4.79 Å². The predicted octanol–water partition coefficient (Wildman–Crippen LogP) is 7.10. The summed E-state index contributed by atoms with van der Waals surface area (Å²) in [5.74, 6) is 1.09. The van der Waals surface area contributed by atoms with Crippen LogP contribution in [0.4, 0.5) is 0 Å². The van der Waals surface area contributed by atoms with Gasteiger partial charge in [-0.2, -0.15) is 0 Å². The van der Waals surface area contributed by atoms with E-state index in [1.54, 1.807) is 6.26 Å². The number of rotatable bonds is 6. The highest BCUT2D eigenvalue weighted by atomic mass is 16.5. The molecule has 0 bridgehead atoms. The summed E-state index contributed by atoms with van der Waals surface area (Å²) >= 11 is 0. The maximum Gasteiger partial charge on any atom is 0.163 e. The number of benzene rings is 2. The molecule has 0 fully saturated rings. The van der Waals surface area contributed by atoms with Crippen molar-refractivity contribution in [2.45, 2.75) is 52.5 Å². The average molecular weight is 410 g/mol. The Balaban J connectivity index is 1.70. The molecule has 3 aromatic rings. The Morgan fingerprint density at radius 3 is 2.81 bits per heavy atom. The summed E-state index contributed by atoms with van der Waals surface area (Å²) in [4.78, 5) is 12.4. The quantitative estimate of drug-likeness (QED) is 0.321. The third kappa shape index (κ3) is 3.36. The molecule has 0 saturated heterocycles. The van der Waals surface area contributed by atoms with Gasteiger partial charge in [0.1, 0.15) is 12.0 Å². The molecule has 2 heterocycles. The molecule has 1 aliphatic heterocycles. The molecule has 1 aliphatic carbocycles. The van der Waals surface area contributed by atoms with Gasteiger partial charge >= 0.3 is 0 Å². The summed E-state index contributed by atoms with van der Waals surface area (Å²) in [7, 11) is 0. The van der Waals surface area contributed by atoms with Gasteiger partial charge in [-0.15, -0.1) is 0 Å². The molecular formula is C28H27NO2. The standard InChI is InChI=1S/C28H27NO2/c1-3-7-19(4-2)15-16-29-24-12-9-20(27-8-5-6-17-31-27)18-23(24)28-22-11-14-26(30)21(22)10-13-25(28)29/h5,7-10,12-13,17-18H,3-4,11,14-16H2,1-2H3. The van der Waals surface area contributed by atoms with E-state index >= 15 is 0 Å². The smallest absolute Gasteiger partial charge is 0.163 e. The van der Waals surface area contributed by atoms with Gasteiger partial charge in [-0.1, -0.05) is 31.2 Å². The van der Waals surface area contributed by atoms with Crippen molar-refractivity contribution in [2.24, 2.45) is 0 Å². The zero-order valence-electron chi connectivity index (χ0n) is 18.2. The first-order valence-corrected chi connectivity index (χ1v) is 11.3. The predicted molar refractivity (Wildman–Crippen MR) is 127 cm³/mol. The molecule has 0 N–H and O–H groups in total. The van der Waals surface area contributed by atoms with Gasteiger partial charge in [0, 0.05) is 45.9 Å². The van der Waals surface area contributed by atoms with Crippen LogP contribution in [-0.4, -0.2) is 10.4 Å². The van der Waals surface area contributed by atoms with Gasteiger partial charge in [-0.3, -0.25) is 4.79 Å². The lowest BCUT2D eigenvalue weighted by Crippen LogP contribution is -2.00. The van der Waals surface area contributed by atoms with Crippen molar-refractivity contribution in [3.63, 3.8) is 0 Å². The van der Waals surface area contributed by atoms with Crippen molar-refractivity contribution >= 4 is 33.3 Å². The number of ketones is 1. The first kappa shape index (κ1) is 19.7. The SMILES string of the molecule is CCC=C(CC)CCn1c2ccc(C3=CC=C=CO3)cc2c2c3c(ccc21)C(=O)CC3. The van der Waals surface area contributed by atoms with Crippen LogP contribution in [0.2, 0.25) is 0 Å². The minimum atomic E-state index is 0.265. The van der Waals surface area contributed by atoms with Crippen LogP contribution in [0.5, 0.6) is 0 Å². The number of Topliss-reactive ketones (excluding diaryl/α,β-unsaturated/α-hetero) is 1. The average Bonchev–Trinajstić information content (AvgIpc) is 3.34. The first-order valence-electron chi connectivity index (χ1n) is 11.3. The molecule has 2 aliphatic rings. The van der Waals surface area contributed by atoms with Crippen molar-refractivity contribution in [1.29, 1.82) is 0 Å². The molecule has 0 spiro atoms. The van der Waals surface area contributed by atoms with Crippen LogP contribution in [0.15, 0.2) is 66.1 Å². The molecule has 3 heteroatoms. The summed E-state index contributed by atoms with van der Waals surface area (Å²) in [5, 5.41) is 2.44. The molecule has 2 aromatic carbocycles. The number of aromatic nitrogens is 1. The third-order valence-corrected chi connectivity index (χ3v) is 6.51. The van der Waals surface area contributed by atoms with Gasteiger partial charge in [0.25, 0.3) is 0 Å². The van der Waals surface area contributed by atoms with E-state index < -0.39 is 0 Å². The van der Waals surface area contributed by atoms with Gasteiger partial charge in [0.2, 0.25) is 0 Å². The lowest BCUT2D eigenvalue weighted by Gasteiger charge is -2.11. The highest BCUT2D eigenvalue weighted by molar-refractivity contribution is 6.15. The summed E-state index contributed by atoms with van der Waals surface area (Å²) in [5.41, 5.74) is 10.1. The first-order chi connectivity index (χ1) is 15.2. The lowest BCUT2D eigenvalue weighted by molar-refractivity contribution is 0.0994. The number of ether oxygens (including phenoxy) is 1. The number of allylic oxidation sites excluding steroid dienone is 4. The van der Waals surface area contributed by atoms with Crippen molar-refractivity contribution < 1.29 is 9.53 Å². The summed E-state index contributed by atoms with van der Waals surface area (Å²) < 4.78 is 8.12.